The molecular weight excluding hydrogens is 458 g/mol. The van der Waals surface area contributed by atoms with Gasteiger partial charge in [0.25, 0.3) is 5.91 Å². The molecule has 0 unspecified atom stereocenters. The maximum Gasteiger partial charge on any atom is 0.344 e. The van der Waals surface area contributed by atoms with Crippen LogP contribution in [0.2, 0.25) is 5.02 Å². The van der Waals surface area contributed by atoms with Crippen molar-refractivity contribution >= 4 is 44.8 Å². The maximum atomic E-state index is 12.9. The average Bonchev–Trinajstić information content (AvgIpc) is 3.24. The lowest BCUT2D eigenvalue weighted by atomic mass is 10.2. The molecule has 1 aliphatic heterocycles. The Hall–Kier alpha value is -3.02. The Morgan fingerprint density at radius 2 is 1.97 bits per heavy atom. The maximum absolute atomic E-state index is 12.9. The molecule has 1 aliphatic rings. The number of amides is 1. The number of nitrogens with zero attached hydrogens (tertiary/aromatic N) is 4. The van der Waals surface area contributed by atoms with Crippen molar-refractivity contribution in [2.75, 3.05) is 25.0 Å². The summed E-state index contributed by atoms with van der Waals surface area (Å²) in [5, 5.41) is 6.65. The Labute approximate surface area is 189 Å². The molecule has 1 saturated heterocycles. The number of piperidine rings is 1. The van der Waals surface area contributed by atoms with Crippen molar-refractivity contribution in [1.29, 1.82) is 0 Å². The zero-order valence-electron chi connectivity index (χ0n) is 16.9. The van der Waals surface area contributed by atoms with Crippen LogP contribution in [0.15, 0.2) is 47.8 Å². The van der Waals surface area contributed by atoms with E-state index in [1.165, 1.54) is 39.4 Å². The van der Waals surface area contributed by atoms with E-state index in [2.05, 4.69) is 15.4 Å². The fourth-order valence-corrected chi connectivity index (χ4v) is 5.09. The first kappa shape index (κ1) is 22.2. The number of esters is 1. The number of halogens is 1. The zero-order chi connectivity index (χ0) is 22.7. The van der Waals surface area contributed by atoms with Gasteiger partial charge in [-0.3, -0.25) is 4.79 Å². The minimum atomic E-state index is -3.69. The molecule has 1 fully saturated rings. The number of ether oxygens (including phenoxy) is 1. The molecule has 1 amide bonds. The van der Waals surface area contributed by atoms with Crippen LogP contribution in [0.3, 0.4) is 0 Å². The van der Waals surface area contributed by atoms with E-state index in [1.54, 1.807) is 12.3 Å². The second kappa shape index (κ2) is 9.23. The van der Waals surface area contributed by atoms with Crippen LogP contribution >= 0.6 is 11.6 Å². The van der Waals surface area contributed by atoms with Gasteiger partial charge in [-0.25, -0.2) is 22.7 Å². The first-order chi connectivity index (χ1) is 15.4. The molecule has 1 aromatic carbocycles. The number of rotatable bonds is 6. The second-order valence-electron chi connectivity index (χ2n) is 7.18. The van der Waals surface area contributed by atoms with E-state index in [9.17, 15) is 18.0 Å². The summed E-state index contributed by atoms with van der Waals surface area (Å²) in [4.78, 5) is 28.7. The Morgan fingerprint density at radius 1 is 1.19 bits per heavy atom. The van der Waals surface area contributed by atoms with Crippen LogP contribution in [-0.4, -0.2) is 58.9 Å². The number of nitrogens with one attached hydrogen (secondary N) is 1. The molecule has 10 nitrogen and oxygen atoms in total. The highest BCUT2D eigenvalue weighted by Crippen LogP contribution is 2.28. The molecule has 1 N–H and O–H groups in total. The molecule has 0 aliphatic carbocycles. The van der Waals surface area contributed by atoms with Gasteiger partial charge < -0.3 is 10.1 Å². The van der Waals surface area contributed by atoms with Crippen molar-refractivity contribution in [3.63, 3.8) is 0 Å². The number of carbonyl (C=O) groups excluding carboxylic acids is 2. The summed E-state index contributed by atoms with van der Waals surface area (Å²) in [6, 6.07) is 5.78. The van der Waals surface area contributed by atoms with Crippen LogP contribution in [-0.2, 0) is 19.6 Å². The van der Waals surface area contributed by atoms with Crippen molar-refractivity contribution < 1.29 is 22.7 Å². The van der Waals surface area contributed by atoms with Crippen molar-refractivity contribution in [2.24, 2.45) is 0 Å². The highest BCUT2D eigenvalue weighted by molar-refractivity contribution is 7.89. The van der Waals surface area contributed by atoms with Gasteiger partial charge in [0.05, 0.1) is 21.8 Å². The van der Waals surface area contributed by atoms with Gasteiger partial charge in [-0.1, -0.05) is 18.0 Å². The fraction of sp³-hybridized carbons (Fsp3) is 0.300. The lowest BCUT2D eigenvalue weighted by Gasteiger charge is -2.26. The van der Waals surface area contributed by atoms with Crippen LogP contribution in [0.1, 0.15) is 29.6 Å². The van der Waals surface area contributed by atoms with Crippen LogP contribution in [0, 0.1) is 0 Å². The molecule has 0 bridgehead atoms. The first-order valence-electron chi connectivity index (χ1n) is 9.91. The highest BCUT2D eigenvalue weighted by Gasteiger charge is 2.27. The number of carbonyl (C=O) groups is 2. The summed E-state index contributed by atoms with van der Waals surface area (Å²) < 4.78 is 33.6. The summed E-state index contributed by atoms with van der Waals surface area (Å²) in [6.07, 6.45) is 7.05. The fourth-order valence-electron chi connectivity index (χ4n) is 3.38. The molecule has 0 saturated carbocycles. The molecular formula is C20H20ClN5O5S. The van der Waals surface area contributed by atoms with Gasteiger partial charge in [-0.2, -0.15) is 9.40 Å². The smallest absolute Gasteiger partial charge is 0.344 e. The summed E-state index contributed by atoms with van der Waals surface area (Å²) in [5.74, 6) is -1.43. The Morgan fingerprint density at radius 3 is 2.75 bits per heavy atom. The molecule has 3 aromatic rings. The normalized spacial score (nSPS) is 14.9. The SMILES string of the molecule is O=C(COC(=O)c1cnn2cccnc12)Nc1cc(S(=O)(=O)N2CCCCC2)ccc1Cl. The van der Waals surface area contributed by atoms with Crippen LogP contribution < -0.4 is 5.32 Å². The highest BCUT2D eigenvalue weighted by atomic mass is 35.5. The number of hydrogen-bond donors (Lipinski definition) is 1. The predicted octanol–water partition coefficient (Wildman–Crippen LogP) is 2.35. The number of aromatic nitrogens is 3. The van der Waals surface area contributed by atoms with Gasteiger partial charge in [0.2, 0.25) is 10.0 Å². The van der Waals surface area contributed by atoms with Gasteiger partial charge in [-0.15, -0.1) is 0 Å². The third kappa shape index (κ3) is 4.59. The summed E-state index contributed by atoms with van der Waals surface area (Å²) in [5.41, 5.74) is 0.533. The van der Waals surface area contributed by atoms with Gasteiger partial charge in [0, 0.05) is 25.5 Å². The van der Waals surface area contributed by atoms with Gasteiger partial charge in [0.1, 0.15) is 5.56 Å². The number of benzene rings is 1. The summed E-state index contributed by atoms with van der Waals surface area (Å²) in [6.45, 7) is 0.324. The van der Waals surface area contributed by atoms with Gasteiger partial charge in [0.15, 0.2) is 12.3 Å². The van der Waals surface area contributed by atoms with E-state index >= 15 is 0 Å². The second-order valence-corrected chi connectivity index (χ2v) is 9.52. The first-order valence-corrected chi connectivity index (χ1v) is 11.7. The van der Waals surface area contributed by atoms with E-state index in [1.807, 2.05) is 0 Å². The van der Waals surface area contributed by atoms with Crippen molar-refractivity contribution in [3.05, 3.63) is 53.4 Å². The zero-order valence-corrected chi connectivity index (χ0v) is 18.5. The molecule has 168 valence electrons. The largest absolute Gasteiger partial charge is 0.452 e. The molecule has 0 atom stereocenters. The molecule has 32 heavy (non-hydrogen) atoms. The van der Waals surface area contributed by atoms with Gasteiger partial charge >= 0.3 is 5.97 Å². The minimum absolute atomic E-state index is 0.0357. The van der Waals surface area contributed by atoms with E-state index in [0.29, 0.717) is 18.7 Å². The molecule has 12 heteroatoms. The van der Waals surface area contributed by atoms with Crippen molar-refractivity contribution in [2.45, 2.75) is 24.2 Å². The van der Waals surface area contributed by atoms with E-state index in [4.69, 9.17) is 16.3 Å². The number of anilines is 1. The third-order valence-electron chi connectivity index (χ3n) is 5.00. The summed E-state index contributed by atoms with van der Waals surface area (Å²) in [7, 11) is -3.69. The molecule has 0 radical (unpaired) electrons. The van der Waals surface area contributed by atoms with Crippen LogP contribution in [0.25, 0.3) is 5.65 Å². The van der Waals surface area contributed by atoms with E-state index in [-0.39, 0.29) is 21.2 Å². The topological polar surface area (TPSA) is 123 Å². The molecule has 3 heterocycles. The Kier molecular flexibility index (Phi) is 6.40. The standard InChI is InChI=1S/C20H20ClN5O5S/c21-16-6-5-14(32(29,30)25-8-2-1-3-9-25)11-17(16)24-18(27)13-31-20(28)15-12-23-26-10-4-7-22-19(15)26/h4-7,10-12H,1-3,8-9,13H2,(H,24,27). The van der Waals surface area contributed by atoms with Crippen LogP contribution in [0.4, 0.5) is 5.69 Å². The lowest BCUT2D eigenvalue weighted by Crippen LogP contribution is -2.35. The monoisotopic (exact) mass is 477 g/mol. The van der Waals surface area contributed by atoms with Crippen molar-refractivity contribution in [1.82, 2.24) is 18.9 Å². The van der Waals surface area contributed by atoms with Crippen LogP contribution in [0.5, 0.6) is 0 Å². The number of fused-ring (bicyclic) bond motifs is 1. The van der Waals surface area contributed by atoms with Gasteiger partial charge in [-0.05, 0) is 37.1 Å². The molecule has 0 spiro atoms. The Bertz CT molecular complexity index is 1270. The predicted molar refractivity (Wildman–Crippen MR) is 116 cm³/mol. The average molecular weight is 478 g/mol. The number of sulfonamides is 1. The molecule has 4 rings (SSSR count). The molecule has 2 aromatic heterocycles. The summed E-state index contributed by atoms with van der Waals surface area (Å²) >= 11 is 6.14. The third-order valence-corrected chi connectivity index (χ3v) is 7.22. The van der Waals surface area contributed by atoms with E-state index in [0.717, 1.165) is 19.3 Å². The Balaban J connectivity index is 1.43. The minimum Gasteiger partial charge on any atom is -0.452 e. The quantitative estimate of drug-likeness (QED) is 0.540. The van der Waals surface area contributed by atoms with E-state index < -0.39 is 28.5 Å². The van der Waals surface area contributed by atoms with Crippen molar-refractivity contribution in [3.8, 4) is 0 Å². The number of hydrogen-bond acceptors (Lipinski definition) is 7. The lowest BCUT2D eigenvalue weighted by molar-refractivity contribution is -0.119.